The van der Waals surface area contributed by atoms with Crippen LogP contribution in [0.5, 0.6) is 0 Å². The monoisotopic (exact) mass is 279 g/mol. The van der Waals surface area contributed by atoms with Gasteiger partial charge in [0, 0.05) is 10.9 Å². The predicted molar refractivity (Wildman–Crippen MR) is 77.2 cm³/mol. The molecule has 2 aromatic rings. The average molecular weight is 279 g/mol. The van der Waals surface area contributed by atoms with E-state index in [9.17, 15) is 0 Å². The van der Waals surface area contributed by atoms with Crippen LogP contribution in [0.3, 0.4) is 0 Å². The SMILES string of the molecule is CCNC(CC)c1ccccc1Sc1nncs1. The van der Waals surface area contributed by atoms with Crippen molar-refractivity contribution in [2.45, 2.75) is 35.5 Å². The van der Waals surface area contributed by atoms with Crippen LogP contribution in [-0.2, 0) is 0 Å². The third-order valence-electron chi connectivity index (χ3n) is 2.69. The van der Waals surface area contributed by atoms with Crippen molar-refractivity contribution in [3.8, 4) is 0 Å². The first kappa shape index (κ1) is 13.5. The van der Waals surface area contributed by atoms with E-state index in [1.54, 1.807) is 28.6 Å². The molecule has 0 aliphatic carbocycles. The lowest BCUT2D eigenvalue weighted by Crippen LogP contribution is -2.20. The summed E-state index contributed by atoms with van der Waals surface area (Å²) in [6.07, 6.45) is 1.08. The highest BCUT2D eigenvalue weighted by Gasteiger charge is 2.13. The molecule has 1 N–H and O–H groups in total. The Labute approximate surface area is 116 Å². The van der Waals surface area contributed by atoms with Gasteiger partial charge in [-0.2, -0.15) is 0 Å². The molecular formula is C13H17N3S2. The number of benzene rings is 1. The average Bonchev–Trinajstić information content (AvgIpc) is 2.90. The molecule has 0 spiro atoms. The predicted octanol–water partition coefficient (Wildman–Crippen LogP) is 3.75. The Hall–Kier alpha value is -0.910. The number of hydrogen-bond donors (Lipinski definition) is 1. The first-order valence-corrected chi connectivity index (χ1v) is 7.81. The van der Waals surface area contributed by atoms with Crippen molar-refractivity contribution in [2.75, 3.05) is 6.54 Å². The third-order valence-corrected chi connectivity index (χ3v) is 4.56. The molecule has 0 fully saturated rings. The molecule has 18 heavy (non-hydrogen) atoms. The Morgan fingerprint density at radius 1 is 1.33 bits per heavy atom. The minimum atomic E-state index is 0.409. The molecular weight excluding hydrogens is 262 g/mol. The molecule has 1 aromatic heterocycles. The summed E-state index contributed by atoms with van der Waals surface area (Å²) >= 11 is 3.27. The van der Waals surface area contributed by atoms with Crippen LogP contribution in [0.4, 0.5) is 0 Å². The molecule has 0 aliphatic heterocycles. The van der Waals surface area contributed by atoms with Crippen LogP contribution < -0.4 is 5.32 Å². The summed E-state index contributed by atoms with van der Waals surface area (Å²) in [5, 5.41) is 11.5. The summed E-state index contributed by atoms with van der Waals surface area (Å²) in [5.41, 5.74) is 3.12. The fourth-order valence-electron chi connectivity index (χ4n) is 1.88. The molecule has 96 valence electrons. The number of nitrogens with zero attached hydrogens (tertiary/aromatic N) is 2. The van der Waals surface area contributed by atoms with E-state index < -0.39 is 0 Å². The second kappa shape index (κ2) is 6.87. The Morgan fingerprint density at radius 3 is 2.83 bits per heavy atom. The maximum Gasteiger partial charge on any atom is 0.178 e. The molecule has 1 unspecified atom stereocenters. The van der Waals surface area contributed by atoms with Crippen molar-refractivity contribution in [2.24, 2.45) is 0 Å². The molecule has 0 radical (unpaired) electrons. The van der Waals surface area contributed by atoms with Gasteiger partial charge in [-0.15, -0.1) is 10.2 Å². The van der Waals surface area contributed by atoms with Gasteiger partial charge in [0.25, 0.3) is 0 Å². The number of hydrogen-bond acceptors (Lipinski definition) is 5. The van der Waals surface area contributed by atoms with Crippen LogP contribution in [0, 0.1) is 0 Å². The van der Waals surface area contributed by atoms with E-state index in [0.29, 0.717) is 6.04 Å². The van der Waals surface area contributed by atoms with E-state index in [1.165, 1.54) is 10.5 Å². The van der Waals surface area contributed by atoms with Gasteiger partial charge in [-0.05, 0) is 24.6 Å². The smallest absolute Gasteiger partial charge is 0.178 e. The molecule has 0 aliphatic rings. The highest BCUT2D eigenvalue weighted by Crippen LogP contribution is 2.34. The minimum absolute atomic E-state index is 0.409. The normalized spacial score (nSPS) is 12.6. The number of rotatable bonds is 6. The zero-order valence-electron chi connectivity index (χ0n) is 10.6. The van der Waals surface area contributed by atoms with Gasteiger partial charge in [0.15, 0.2) is 4.34 Å². The maximum absolute atomic E-state index is 4.09. The molecule has 1 heterocycles. The van der Waals surface area contributed by atoms with Crippen molar-refractivity contribution in [1.82, 2.24) is 15.5 Å². The van der Waals surface area contributed by atoms with Crippen LogP contribution in [0.2, 0.25) is 0 Å². The second-order valence-electron chi connectivity index (χ2n) is 3.86. The first-order chi connectivity index (χ1) is 8.85. The lowest BCUT2D eigenvalue weighted by Gasteiger charge is -2.19. The summed E-state index contributed by atoms with van der Waals surface area (Å²) in [5.74, 6) is 0. The summed E-state index contributed by atoms with van der Waals surface area (Å²) in [6, 6.07) is 8.93. The van der Waals surface area contributed by atoms with Crippen molar-refractivity contribution >= 4 is 23.1 Å². The van der Waals surface area contributed by atoms with E-state index in [1.807, 2.05) is 0 Å². The largest absolute Gasteiger partial charge is 0.310 e. The molecule has 0 saturated carbocycles. The highest BCUT2D eigenvalue weighted by atomic mass is 32.2. The van der Waals surface area contributed by atoms with E-state index in [-0.39, 0.29) is 0 Å². The lowest BCUT2D eigenvalue weighted by atomic mass is 10.0. The summed E-state index contributed by atoms with van der Waals surface area (Å²) < 4.78 is 0.994. The Balaban J connectivity index is 2.24. The van der Waals surface area contributed by atoms with Crippen LogP contribution in [0.25, 0.3) is 0 Å². The number of nitrogens with one attached hydrogen (secondary N) is 1. The van der Waals surface area contributed by atoms with E-state index >= 15 is 0 Å². The van der Waals surface area contributed by atoms with Gasteiger partial charge in [-0.25, -0.2) is 0 Å². The molecule has 0 amide bonds. The standard InChI is InChI=1S/C13H17N3S2/c1-3-11(14-4-2)10-7-5-6-8-12(10)18-13-16-15-9-17-13/h5-9,11,14H,3-4H2,1-2H3. The highest BCUT2D eigenvalue weighted by molar-refractivity contribution is 8.01. The first-order valence-electron chi connectivity index (χ1n) is 6.11. The molecule has 5 heteroatoms. The van der Waals surface area contributed by atoms with Gasteiger partial charge in [-0.3, -0.25) is 0 Å². The molecule has 1 atom stereocenters. The Morgan fingerprint density at radius 2 is 2.17 bits per heavy atom. The van der Waals surface area contributed by atoms with Crippen molar-refractivity contribution < 1.29 is 0 Å². The fraction of sp³-hybridized carbons (Fsp3) is 0.385. The van der Waals surface area contributed by atoms with E-state index in [0.717, 1.165) is 17.3 Å². The van der Waals surface area contributed by atoms with E-state index in [4.69, 9.17) is 0 Å². The van der Waals surface area contributed by atoms with Crippen LogP contribution in [0.1, 0.15) is 31.9 Å². The van der Waals surface area contributed by atoms with Gasteiger partial charge in [0.2, 0.25) is 0 Å². The number of aromatic nitrogens is 2. The quantitative estimate of drug-likeness (QED) is 0.874. The van der Waals surface area contributed by atoms with Crippen LogP contribution in [0.15, 0.2) is 39.0 Å². The zero-order valence-corrected chi connectivity index (χ0v) is 12.2. The maximum atomic E-state index is 4.09. The molecule has 0 bridgehead atoms. The summed E-state index contributed by atoms with van der Waals surface area (Å²) in [7, 11) is 0. The zero-order chi connectivity index (χ0) is 12.8. The van der Waals surface area contributed by atoms with Crippen molar-refractivity contribution in [1.29, 1.82) is 0 Å². The second-order valence-corrected chi connectivity index (χ2v) is 5.99. The summed E-state index contributed by atoms with van der Waals surface area (Å²) in [4.78, 5) is 1.27. The van der Waals surface area contributed by atoms with Crippen molar-refractivity contribution in [3.63, 3.8) is 0 Å². The van der Waals surface area contributed by atoms with E-state index in [2.05, 4.69) is 53.6 Å². The molecule has 2 rings (SSSR count). The molecule has 1 aromatic carbocycles. The third kappa shape index (κ3) is 3.31. The van der Waals surface area contributed by atoms with Crippen LogP contribution >= 0.6 is 23.1 Å². The van der Waals surface area contributed by atoms with Crippen molar-refractivity contribution in [3.05, 3.63) is 35.3 Å². The van der Waals surface area contributed by atoms with Gasteiger partial charge in [0.1, 0.15) is 5.51 Å². The van der Waals surface area contributed by atoms with Gasteiger partial charge < -0.3 is 5.32 Å². The molecule has 3 nitrogen and oxygen atoms in total. The molecule has 0 saturated heterocycles. The minimum Gasteiger partial charge on any atom is -0.310 e. The Kier molecular flexibility index (Phi) is 5.16. The fourth-order valence-corrected chi connectivity index (χ4v) is 3.50. The van der Waals surface area contributed by atoms with Crippen LogP contribution in [-0.4, -0.2) is 16.7 Å². The lowest BCUT2D eigenvalue weighted by molar-refractivity contribution is 0.530. The Bertz CT molecular complexity index is 471. The van der Waals surface area contributed by atoms with Gasteiger partial charge in [-0.1, -0.05) is 55.1 Å². The summed E-state index contributed by atoms with van der Waals surface area (Å²) in [6.45, 7) is 5.33. The topological polar surface area (TPSA) is 37.8 Å². The van der Waals surface area contributed by atoms with Gasteiger partial charge >= 0.3 is 0 Å². The van der Waals surface area contributed by atoms with Gasteiger partial charge in [0.05, 0.1) is 0 Å².